The summed E-state index contributed by atoms with van der Waals surface area (Å²) in [6.07, 6.45) is 1.97. The van der Waals surface area contributed by atoms with Gasteiger partial charge < -0.3 is 14.6 Å². The first-order chi connectivity index (χ1) is 11.4. The molecule has 1 N–H and O–H groups in total. The highest BCUT2D eigenvalue weighted by Crippen LogP contribution is 2.35. The summed E-state index contributed by atoms with van der Waals surface area (Å²) in [5.41, 5.74) is 1.16. The number of pyridine rings is 1. The van der Waals surface area contributed by atoms with Crippen molar-refractivity contribution in [1.29, 1.82) is 0 Å². The number of hydrogen-bond acceptors (Lipinski definition) is 5. The number of nitrogens with zero attached hydrogens (tertiary/aromatic N) is 1. The minimum atomic E-state index is -0.298. The third kappa shape index (κ3) is 4.76. The third-order valence-corrected chi connectivity index (χ3v) is 3.85. The van der Waals surface area contributed by atoms with Gasteiger partial charge in [-0.2, -0.15) is 0 Å². The number of phenols is 1. The SMILES string of the molecule is COC(=O)CCC(C)Oc1ccc(-c2ncc(Cl)cc2Cl)cc1O. The summed E-state index contributed by atoms with van der Waals surface area (Å²) in [6.45, 7) is 1.81. The first-order valence-electron chi connectivity index (χ1n) is 7.28. The molecule has 1 unspecified atom stereocenters. The van der Waals surface area contributed by atoms with E-state index in [1.165, 1.54) is 19.4 Å². The van der Waals surface area contributed by atoms with Gasteiger partial charge in [0.15, 0.2) is 11.5 Å². The Morgan fingerprint density at radius 2 is 2.08 bits per heavy atom. The normalized spacial score (nSPS) is 11.8. The smallest absolute Gasteiger partial charge is 0.305 e. The molecule has 128 valence electrons. The number of aromatic hydroxyl groups is 1. The average molecular weight is 370 g/mol. The van der Waals surface area contributed by atoms with Crippen molar-refractivity contribution < 1.29 is 19.4 Å². The van der Waals surface area contributed by atoms with Crippen molar-refractivity contribution in [2.24, 2.45) is 0 Å². The summed E-state index contributed by atoms with van der Waals surface area (Å²) in [7, 11) is 1.34. The van der Waals surface area contributed by atoms with Crippen LogP contribution < -0.4 is 4.74 Å². The molecule has 0 fully saturated rings. The summed E-state index contributed by atoms with van der Waals surface area (Å²) in [6, 6.07) is 6.47. The van der Waals surface area contributed by atoms with E-state index in [0.29, 0.717) is 33.5 Å². The molecule has 1 heterocycles. The van der Waals surface area contributed by atoms with Gasteiger partial charge in [-0.05, 0) is 37.6 Å². The number of esters is 1. The molecule has 0 radical (unpaired) electrons. The van der Waals surface area contributed by atoms with E-state index in [9.17, 15) is 9.90 Å². The van der Waals surface area contributed by atoms with Crippen molar-refractivity contribution in [3.63, 3.8) is 0 Å². The average Bonchev–Trinajstić information content (AvgIpc) is 2.54. The van der Waals surface area contributed by atoms with Crippen LogP contribution in [-0.4, -0.2) is 29.3 Å². The van der Waals surface area contributed by atoms with Crippen LogP contribution >= 0.6 is 23.2 Å². The summed E-state index contributed by atoms with van der Waals surface area (Å²) in [5, 5.41) is 11.0. The first-order valence-corrected chi connectivity index (χ1v) is 8.04. The molecule has 1 aromatic carbocycles. The van der Waals surface area contributed by atoms with Crippen molar-refractivity contribution in [2.75, 3.05) is 7.11 Å². The molecule has 1 atom stereocenters. The Bertz CT molecular complexity index is 737. The molecule has 24 heavy (non-hydrogen) atoms. The molecule has 0 aliphatic rings. The van der Waals surface area contributed by atoms with Crippen molar-refractivity contribution in [2.45, 2.75) is 25.9 Å². The number of methoxy groups -OCH3 is 1. The highest BCUT2D eigenvalue weighted by Gasteiger charge is 2.13. The molecule has 1 aromatic heterocycles. The van der Waals surface area contributed by atoms with Crippen LogP contribution in [0.3, 0.4) is 0 Å². The number of ether oxygens (including phenoxy) is 2. The maximum atomic E-state index is 11.1. The lowest BCUT2D eigenvalue weighted by molar-refractivity contribution is -0.141. The van der Waals surface area contributed by atoms with Crippen molar-refractivity contribution in [3.05, 3.63) is 40.5 Å². The van der Waals surface area contributed by atoms with E-state index in [1.807, 2.05) is 6.92 Å². The van der Waals surface area contributed by atoms with Crippen LogP contribution in [0.1, 0.15) is 19.8 Å². The summed E-state index contributed by atoms with van der Waals surface area (Å²) < 4.78 is 10.2. The number of rotatable bonds is 6. The number of halogens is 2. The number of carbonyl (C=O) groups excluding carboxylic acids is 1. The Labute approximate surface area is 150 Å². The van der Waals surface area contributed by atoms with Crippen molar-refractivity contribution >= 4 is 29.2 Å². The van der Waals surface area contributed by atoms with Crippen molar-refractivity contribution in [3.8, 4) is 22.8 Å². The molecular weight excluding hydrogens is 353 g/mol. The van der Waals surface area contributed by atoms with Gasteiger partial charge in [-0.25, -0.2) is 0 Å². The molecule has 0 saturated heterocycles. The van der Waals surface area contributed by atoms with Gasteiger partial charge >= 0.3 is 5.97 Å². The van der Waals surface area contributed by atoms with Gasteiger partial charge in [0.1, 0.15) is 0 Å². The Kier molecular flexibility index (Phi) is 6.29. The highest BCUT2D eigenvalue weighted by molar-refractivity contribution is 6.36. The fourth-order valence-electron chi connectivity index (χ4n) is 2.09. The van der Waals surface area contributed by atoms with E-state index in [1.54, 1.807) is 18.2 Å². The molecule has 2 aromatic rings. The van der Waals surface area contributed by atoms with Gasteiger partial charge in [-0.3, -0.25) is 9.78 Å². The zero-order valence-corrected chi connectivity index (χ0v) is 14.8. The Morgan fingerprint density at radius 1 is 1.33 bits per heavy atom. The molecular formula is C17H17Cl2NO4. The molecule has 0 amide bonds. The molecule has 2 rings (SSSR count). The van der Waals surface area contributed by atoms with Crippen LogP contribution in [0.15, 0.2) is 30.5 Å². The number of carbonyl (C=O) groups is 1. The van der Waals surface area contributed by atoms with Crippen LogP contribution in [0.4, 0.5) is 0 Å². The Hall–Kier alpha value is -1.98. The second-order valence-corrected chi connectivity index (χ2v) is 6.05. The number of benzene rings is 1. The van der Waals surface area contributed by atoms with Gasteiger partial charge in [0, 0.05) is 18.2 Å². The van der Waals surface area contributed by atoms with Gasteiger partial charge in [0.25, 0.3) is 0 Å². The van der Waals surface area contributed by atoms with E-state index in [2.05, 4.69) is 9.72 Å². The standard InChI is InChI=1S/C17H17Cl2NO4/c1-10(3-6-16(22)23-2)24-15-5-4-11(7-14(15)21)17-13(19)8-12(18)9-20-17/h4-5,7-10,21H,3,6H2,1-2H3. The third-order valence-electron chi connectivity index (χ3n) is 3.35. The van der Waals surface area contributed by atoms with E-state index in [-0.39, 0.29) is 24.2 Å². The maximum Gasteiger partial charge on any atom is 0.305 e. The minimum Gasteiger partial charge on any atom is -0.504 e. The Balaban J connectivity index is 2.10. The van der Waals surface area contributed by atoms with Crippen molar-refractivity contribution in [1.82, 2.24) is 4.98 Å². The van der Waals surface area contributed by atoms with E-state index in [4.69, 9.17) is 27.9 Å². The van der Waals surface area contributed by atoms with Crippen LogP contribution in [0.5, 0.6) is 11.5 Å². The second-order valence-electron chi connectivity index (χ2n) is 5.21. The Morgan fingerprint density at radius 3 is 2.71 bits per heavy atom. The number of aromatic nitrogens is 1. The lowest BCUT2D eigenvalue weighted by Gasteiger charge is -2.16. The van der Waals surface area contributed by atoms with Crippen LogP contribution in [0.25, 0.3) is 11.3 Å². The molecule has 0 aliphatic carbocycles. The summed E-state index contributed by atoms with van der Waals surface area (Å²) in [4.78, 5) is 15.3. The van der Waals surface area contributed by atoms with Gasteiger partial charge in [0.2, 0.25) is 0 Å². The predicted molar refractivity (Wildman–Crippen MR) is 92.7 cm³/mol. The molecule has 0 spiro atoms. The maximum absolute atomic E-state index is 11.1. The van der Waals surface area contributed by atoms with E-state index >= 15 is 0 Å². The van der Waals surface area contributed by atoms with Crippen LogP contribution in [0, 0.1) is 0 Å². The summed E-state index contributed by atoms with van der Waals surface area (Å²) >= 11 is 12.0. The number of phenolic OH excluding ortho intramolecular Hbond substituents is 1. The minimum absolute atomic E-state index is 0.0368. The topological polar surface area (TPSA) is 68.7 Å². The van der Waals surface area contributed by atoms with Crippen LogP contribution in [0.2, 0.25) is 10.0 Å². The molecule has 7 heteroatoms. The fourth-order valence-corrected chi connectivity index (χ4v) is 2.58. The fraction of sp³-hybridized carbons (Fsp3) is 0.294. The largest absolute Gasteiger partial charge is 0.504 e. The molecule has 0 saturated carbocycles. The highest BCUT2D eigenvalue weighted by atomic mass is 35.5. The second kappa shape index (κ2) is 8.22. The molecule has 0 bridgehead atoms. The lowest BCUT2D eigenvalue weighted by Crippen LogP contribution is -2.14. The van der Waals surface area contributed by atoms with Gasteiger partial charge in [0.05, 0.1) is 29.0 Å². The van der Waals surface area contributed by atoms with Crippen LogP contribution in [-0.2, 0) is 9.53 Å². The predicted octanol–water partition coefficient (Wildman–Crippen LogP) is 4.48. The van der Waals surface area contributed by atoms with Gasteiger partial charge in [-0.1, -0.05) is 23.2 Å². The van der Waals surface area contributed by atoms with E-state index < -0.39 is 0 Å². The monoisotopic (exact) mass is 369 g/mol. The van der Waals surface area contributed by atoms with E-state index in [0.717, 1.165) is 0 Å². The first kappa shape index (κ1) is 18.4. The lowest BCUT2D eigenvalue weighted by atomic mass is 10.1. The zero-order chi connectivity index (χ0) is 17.7. The number of hydrogen-bond donors (Lipinski definition) is 1. The summed E-state index contributed by atoms with van der Waals surface area (Å²) in [5.74, 6) is -0.0140. The molecule has 0 aliphatic heterocycles. The quantitative estimate of drug-likeness (QED) is 0.760. The van der Waals surface area contributed by atoms with Gasteiger partial charge in [-0.15, -0.1) is 0 Å². The molecule has 5 nitrogen and oxygen atoms in total. The zero-order valence-electron chi connectivity index (χ0n) is 13.3.